The molecule has 5 fully saturated rings. The van der Waals surface area contributed by atoms with Crippen LogP contribution >= 0.6 is 0 Å². The molecule has 21 unspecified atom stereocenters. The number of aromatic amines is 2. The van der Waals surface area contributed by atoms with Gasteiger partial charge in [-0.05, 0) is 88.7 Å². The first-order valence-electron chi connectivity index (χ1n) is 28.8. The summed E-state index contributed by atoms with van der Waals surface area (Å²) in [5, 5.41) is 52.1. The number of fused-ring (bicyclic) bond motifs is 7. The molecule has 3 aromatic rings. The topological polar surface area (TPSA) is 283 Å². The van der Waals surface area contributed by atoms with Crippen molar-refractivity contribution in [2.45, 2.75) is 198 Å². The molecule has 0 radical (unpaired) electrons. The molecule has 19 nitrogen and oxygen atoms in total. The second kappa shape index (κ2) is 20.8. The monoisotopic (exact) mass is 1100 g/mol. The molecule has 430 valence electrons. The number of para-hydroxylation sites is 1. The Hall–Kier alpha value is -4.96. The Balaban J connectivity index is 0.756. The lowest BCUT2D eigenvalue weighted by Gasteiger charge is -2.53. The molecule has 19 heteroatoms. The van der Waals surface area contributed by atoms with Crippen LogP contribution in [0.2, 0.25) is 0 Å². The number of esters is 1. The molecule has 4 aliphatic carbocycles. The second-order valence-corrected chi connectivity index (χ2v) is 25.3. The number of rotatable bonds is 10. The summed E-state index contributed by atoms with van der Waals surface area (Å²) >= 11 is 0. The smallest absolute Gasteiger partial charge is 0.355 e. The number of aliphatic hydroxyl groups is 3. The minimum Gasteiger partial charge on any atom is -0.511 e. The molecule has 1 amide bonds. The van der Waals surface area contributed by atoms with E-state index in [1.165, 1.54) is 0 Å². The fourth-order valence-corrected chi connectivity index (χ4v) is 15.5. The van der Waals surface area contributed by atoms with Gasteiger partial charge in [-0.15, -0.1) is 0 Å². The Labute approximate surface area is 460 Å². The van der Waals surface area contributed by atoms with Gasteiger partial charge < -0.3 is 74.6 Å². The van der Waals surface area contributed by atoms with Crippen molar-refractivity contribution in [2.24, 2.45) is 52.1 Å². The minimum atomic E-state index is -1.52. The average molecular weight is 1100 g/mol. The van der Waals surface area contributed by atoms with E-state index in [1.54, 1.807) is 39.8 Å². The number of nitrogens with two attached hydrogens (primary N) is 1. The van der Waals surface area contributed by atoms with E-state index in [2.05, 4.69) is 21.4 Å². The third kappa shape index (κ3) is 9.59. The minimum absolute atomic E-state index is 0.0437. The highest BCUT2D eigenvalue weighted by Gasteiger charge is 2.66. The lowest BCUT2D eigenvalue weighted by molar-refractivity contribution is -0.337. The van der Waals surface area contributed by atoms with E-state index in [0.29, 0.717) is 37.9 Å². The maximum atomic E-state index is 15.1. The Kier molecular flexibility index (Phi) is 14.7. The Bertz CT molecular complexity index is 2960. The van der Waals surface area contributed by atoms with Crippen molar-refractivity contribution in [1.82, 2.24) is 15.3 Å². The lowest BCUT2D eigenvalue weighted by atomic mass is 9.53. The fourth-order valence-electron chi connectivity index (χ4n) is 15.5. The molecule has 2 bridgehead atoms. The van der Waals surface area contributed by atoms with Crippen LogP contribution in [0.1, 0.15) is 130 Å². The number of ether oxygens (including phenoxy) is 7. The molecular weight excluding hydrogens is 1020 g/mol. The summed E-state index contributed by atoms with van der Waals surface area (Å²) in [5.74, 6) is -5.10. The van der Waals surface area contributed by atoms with Crippen LogP contribution in [-0.4, -0.2) is 139 Å². The number of carboxylic acids is 1. The first kappa shape index (κ1) is 55.9. The maximum Gasteiger partial charge on any atom is 0.355 e. The molecule has 21 atom stereocenters. The molecule has 4 aliphatic heterocycles. The number of H-pyrrole nitrogens is 2. The number of nitrogens with one attached hydrogen (secondary N) is 3. The highest BCUT2D eigenvalue weighted by atomic mass is 16.7. The van der Waals surface area contributed by atoms with Gasteiger partial charge in [0.05, 0.1) is 48.8 Å². The number of benzene rings is 1. The van der Waals surface area contributed by atoms with Crippen LogP contribution in [-0.2, 0) is 47.5 Å². The van der Waals surface area contributed by atoms with Crippen LogP contribution in [0.15, 0.2) is 65.5 Å². The van der Waals surface area contributed by atoms with Gasteiger partial charge >= 0.3 is 11.9 Å². The van der Waals surface area contributed by atoms with Crippen LogP contribution in [0.4, 0.5) is 0 Å². The summed E-state index contributed by atoms with van der Waals surface area (Å²) in [6.45, 7) is 15.1. The first-order chi connectivity index (χ1) is 37.4. The van der Waals surface area contributed by atoms with Gasteiger partial charge in [0, 0.05) is 63.8 Å². The quantitative estimate of drug-likeness (QED) is 0.0568. The number of hydrogen-bond donors (Lipinski definition) is 8. The number of ketones is 1. The summed E-state index contributed by atoms with van der Waals surface area (Å²) in [5.41, 5.74) is 3.11. The van der Waals surface area contributed by atoms with E-state index < -0.39 is 113 Å². The Morgan fingerprint density at radius 2 is 1.59 bits per heavy atom. The van der Waals surface area contributed by atoms with Crippen molar-refractivity contribution in [3.05, 3.63) is 71.2 Å². The SMILES string of the molecule is CCC1CC2(C)C=C(C(=O)O)C(C)CC23NC(=O)C(=C(O)C2(C)C(C=CC4C(OC5CC(OC6CC(C)(O)C(OC7CC(OC(=O)c8cc9c([nH]8)[nH]c8ccccc89)C(N)C(C)O7)C(C)O6)C(C)CO5)CCCC42)CC1O)C3=O. The van der Waals surface area contributed by atoms with E-state index >= 15 is 4.79 Å². The van der Waals surface area contributed by atoms with Crippen molar-refractivity contribution >= 4 is 45.6 Å². The molecule has 8 aliphatic rings. The summed E-state index contributed by atoms with van der Waals surface area (Å²) in [7, 11) is 0. The molecule has 6 heterocycles. The van der Waals surface area contributed by atoms with Crippen molar-refractivity contribution in [2.75, 3.05) is 6.61 Å². The number of allylic oxidation sites excluding steroid dienone is 2. The summed E-state index contributed by atoms with van der Waals surface area (Å²) in [6.07, 6.45) is 2.82. The zero-order valence-electron chi connectivity index (χ0n) is 46.6. The fraction of sp³-hybridized carbons (Fsp3) is 0.667. The van der Waals surface area contributed by atoms with Crippen molar-refractivity contribution in [3.63, 3.8) is 0 Å². The van der Waals surface area contributed by atoms with Crippen LogP contribution < -0.4 is 11.1 Å². The van der Waals surface area contributed by atoms with Crippen molar-refractivity contribution < 1.29 is 72.8 Å². The van der Waals surface area contributed by atoms with Gasteiger partial charge in [0.2, 0.25) is 0 Å². The summed E-state index contributed by atoms with van der Waals surface area (Å²) < 4.78 is 45.1. The number of aliphatic hydroxyl groups excluding tert-OH is 2. The number of Topliss-reactive ketones (excluding diaryl/α,β-unsaturated/α-hetero) is 1. The number of amides is 1. The molecule has 11 rings (SSSR count). The van der Waals surface area contributed by atoms with E-state index in [1.807, 2.05) is 58.0 Å². The highest BCUT2D eigenvalue weighted by Crippen LogP contribution is 2.60. The second-order valence-electron chi connectivity index (χ2n) is 25.3. The highest BCUT2D eigenvalue weighted by molar-refractivity contribution is 6.29. The van der Waals surface area contributed by atoms with E-state index in [-0.39, 0.29) is 90.6 Å². The standard InChI is InChI=1S/C60H80N4O15/c1-9-32-24-57(6)25-37(55(69)70)28(2)23-60(57)51(67)48(54(68)64-60)50(66)59(8)33(19-41(32)65)17-18-35-38(59)14-12-16-42(35)76-45-21-43(29(3)27-73-45)77-47-26-58(7,72)52(31(5)75-47)79-46-22-44(49(61)30(4)74-46)78-56(71)40-20-36-34-13-10-11-15-39(34)62-53(36)63-40/h10-11,13,15,17-18,20,25,28-33,35,38,41-47,49,52,62-63,65-66,72H,9,12,14,16,19,21-24,26-27,61H2,1-8H3,(H,64,68)(H,69,70). The van der Waals surface area contributed by atoms with Crippen LogP contribution in [0.5, 0.6) is 0 Å². The molecule has 1 saturated carbocycles. The van der Waals surface area contributed by atoms with Gasteiger partial charge in [-0.2, -0.15) is 0 Å². The first-order valence-corrected chi connectivity index (χ1v) is 28.8. The largest absolute Gasteiger partial charge is 0.511 e. The van der Waals surface area contributed by atoms with Crippen LogP contribution in [0, 0.1) is 46.3 Å². The zero-order valence-corrected chi connectivity index (χ0v) is 46.6. The third-order valence-corrected chi connectivity index (χ3v) is 20.1. The molecule has 4 saturated heterocycles. The predicted molar refractivity (Wildman–Crippen MR) is 288 cm³/mol. The van der Waals surface area contributed by atoms with E-state index in [0.717, 1.165) is 22.7 Å². The number of carbonyl (C=O) groups excluding carboxylic acids is 3. The number of carbonyl (C=O) groups is 4. The predicted octanol–water partition coefficient (Wildman–Crippen LogP) is 7.16. The van der Waals surface area contributed by atoms with Crippen LogP contribution in [0.25, 0.3) is 21.9 Å². The zero-order chi connectivity index (χ0) is 56.2. The van der Waals surface area contributed by atoms with Crippen LogP contribution in [0.3, 0.4) is 0 Å². The van der Waals surface area contributed by atoms with Crippen molar-refractivity contribution in [3.8, 4) is 0 Å². The normalized spacial score (nSPS) is 43.6. The average Bonchev–Trinajstić information content (AvgIpc) is 2.98. The van der Waals surface area contributed by atoms with Gasteiger partial charge in [0.1, 0.15) is 40.4 Å². The van der Waals surface area contributed by atoms with Crippen molar-refractivity contribution in [1.29, 1.82) is 0 Å². The van der Waals surface area contributed by atoms with Gasteiger partial charge in [0.25, 0.3) is 5.91 Å². The molecule has 1 aromatic carbocycles. The summed E-state index contributed by atoms with van der Waals surface area (Å²) in [6, 6.07) is 8.97. The van der Waals surface area contributed by atoms with E-state index in [4.69, 9.17) is 38.9 Å². The number of carboxylic acid groups (broad SMARTS) is 1. The molecule has 2 aromatic heterocycles. The molecule has 79 heavy (non-hydrogen) atoms. The Morgan fingerprint density at radius 3 is 2.34 bits per heavy atom. The molecular formula is C60H80N4O15. The van der Waals surface area contributed by atoms with Gasteiger partial charge in [0.15, 0.2) is 24.7 Å². The third-order valence-electron chi connectivity index (χ3n) is 20.1. The molecule has 9 N–H and O–H groups in total. The van der Waals surface area contributed by atoms with E-state index in [9.17, 15) is 34.8 Å². The summed E-state index contributed by atoms with van der Waals surface area (Å²) in [4.78, 5) is 62.0. The number of aliphatic carboxylic acids is 1. The van der Waals surface area contributed by atoms with Gasteiger partial charge in [-0.3, -0.25) is 9.59 Å². The maximum absolute atomic E-state index is 15.1. The van der Waals surface area contributed by atoms with Gasteiger partial charge in [-0.1, -0.05) is 83.9 Å². The lowest BCUT2D eigenvalue weighted by Crippen LogP contribution is -2.61. The Morgan fingerprint density at radius 1 is 0.861 bits per heavy atom. The van der Waals surface area contributed by atoms with Gasteiger partial charge in [-0.25, -0.2) is 9.59 Å². The molecule has 1 spiro atoms. The number of hydrogen-bond acceptors (Lipinski definition) is 15. The number of aromatic nitrogens is 2.